The van der Waals surface area contributed by atoms with Crippen LogP contribution in [-0.4, -0.2) is 48.9 Å². The molecule has 2 amide bonds. The van der Waals surface area contributed by atoms with Gasteiger partial charge in [0.05, 0.1) is 0 Å². The van der Waals surface area contributed by atoms with Gasteiger partial charge in [-0.25, -0.2) is 0 Å². The molecule has 27 heavy (non-hydrogen) atoms. The Morgan fingerprint density at radius 1 is 0.963 bits per heavy atom. The van der Waals surface area contributed by atoms with E-state index in [1.54, 1.807) is 0 Å². The maximum Gasteiger partial charge on any atom is 0.251 e. The molecule has 1 aromatic rings. The van der Waals surface area contributed by atoms with Gasteiger partial charge in [0.1, 0.15) is 0 Å². The van der Waals surface area contributed by atoms with Crippen molar-refractivity contribution in [3.63, 3.8) is 0 Å². The lowest BCUT2D eigenvalue weighted by Gasteiger charge is -2.33. The summed E-state index contributed by atoms with van der Waals surface area (Å²) in [6, 6.07) is 7.74. The number of nitrogens with one attached hydrogen (secondary N) is 1. The molecule has 1 N–H and O–H groups in total. The van der Waals surface area contributed by atoms with Crippen LogP contribution in [-0.2, 0) is 4.79 Å². The first-order valence-corrected chi connectivity index (χ1v) is 10.6. The number of amides is 2. The topological polar surface area (TPSA) is 52.7 Å². The van der Waals surface area contributed by atoms with Crippen LogP contribution in [0.3, 0.4) is 0 Å². The number of anilines is 1. The summed E-state index contributed by atoms with van der Waals surface area (Å²) in [5.74, 6) is 1.08. The molecule has 0 spiro atoms. The Bertz CT molecular complexity index is 659. The molecule has 4 rings (SSSR count). The van der Waals surface area contributed by atoms with Crippen LogP contribution in [0.5, 0.6) is 0 Å². The first-order chi connectivity index (χ1) is 13.2. The monoisotopic (exact) mass is 369 g/mol. The molecule has 2 aliphatic heterocycles. The zero-order valence-corrected chi connectivity index (χ0v) is 16.2. The second kappa shape index (κ2) is 8.42. The number of hydrogen-bond donors (Lipinski definition) is 1. The Morgan fingerprint density at radius 2 is 1.67 bits per heavy atom. The van der Waals surface area contributed by atoms with Gasteiger partial charge in [0.15, 0.2) is 0 Å². The van der Waals surface area contributed by atoms with Crippen molar-refractivity contribution in [2.24, 2.45) is 5.92 Å². The fraction of sp³-hybridized carbons (Fsp3) is 0.636. The van der Waals surface area contributed by atoms with Gasteiger partial charge in [-0.05, 0) is 62.3 Å². The fourth-order valence-electron chi connectivity index (χ4n) is 4.80. The van der Waals surface area contributed by atoms with Gasteiger partial charge in [-0.15, -0.1) is 0 Å². The van der Waals surface area contributed by atoms with E-state index in [4.69, 9.17) is 0 Å². The third-order valence-electron chi connectivity index (χ3n) is 6.43. The lowest BCUT2D eigenvalue weighted by atomic mass is 10.0. The van der Waals surface area contributed by atoms with Crippen molar-refractivity contribution in [2.45, 2.75) is 57.4 Å². The number of hydrogen-bond acceptors (Lipinski definition) is 3. The van der Waals surface area contributed by atoms with Gasteiger partial charge in [0, 0.05) is 49.9 Å². The predicted octanol–water partition coefficient (Wildman–Crippen LogP) is 3.20. The molecule has 3 fully saturated rings. The summed E-state index contributed by atoms with van der Waals surface area (Å²) in [6.45, 7) is 4.22. The van der Waals surface area contributed by atoms with Crippen LogP contribution in [0.4, 0.5) is 5.69 Å². The zero-order chi connectivity index (χ0) is 18.6. The zero-order valence-electron chi connectivity index (χ0n) is 16.2. The maximum atomic E-state index is 12.6. The number of nitrogens with zero attached hydrogens (tertiary/aromatic N) is 2. The highest BCUT2D eigenvalue weighted by molar-refractivity contribution is 5.97. The second-order valence-electron chi connectivity index (χ2n) is 8.39. The third kappa shape index (κ3) is 4.52. The average molecular weight is 370 g/mol. The van der Waals surface area contributed by atoms with Crippen molar-refractivity contribution in [1.82, 2.24) is 10.2 Å². The van der Waals surface area contributed by atoms with Gasteiger partial charge in [-0.1, -0.05) is 12.8 Å². The fourth-order valence-corrected chi connectivity index (χ4v) is 4.80. The number of carbonyl (C=O) groups excluding carboxylic acids is 2. The summed E-state index contributed by atoms with van der Waals surface area (Å²) in [4.78, 5) is 28.8. The summed E-state index contributed by atoms with van der Waals surface area (Å²) in [7, 11) is 0. The van der Waals surface area contributed by atoms with Gasteiger partial charge in [0.2, 0.25) is 5.91 Å². The number of piperidine rings is 1. The van der Waals surface area contributed by atoms with E-state index >= 15 is 0 Å². The van der Waals surface area contributed by atoms with Crippen LogP contribution >= 0.6 is 0 Å². The highest BCUT2D eigenvalue weighted by Crippen LogP contribution is 2.26. The van der Waals surface area contributed by atoms with Crippen LogP contribution in [0.25, 0.3) is 0 Å². The summed E-state index contributed by atoms with van der Waals surface area (Å²) < 4.78 is 0. The van der Waals surface area contributed by atoms with Crippen molar-refractivity contribution in [2.75, 3.05) is 31.1 Å². The van der Waals surface area contributed by atoms with E-state index in [-0.39, 0.29) is 17.9 Å². The molecule has 1 aliphatic carbocycles. The van der Waals surface area contributed by atoms with E-state index in [2.05, 4.69) is 10.2 Å². The molecular formula is C22H31N3O2. The number of carbonyl (C=O) groups is 2. The van der Waals surface area contributed by atoms with E-state index in [1.165, 1.54) is 32.2 Å². The Hall–Kier alpha value is -1.88. The van der Waals surface area contributed by atoms with Gasteiger partial charge in [-0.2, -0.15) is 0 Å². The minimum atomic E-state index is 0.00328. The van der Waals surface area contributed by atoms with Gasteiger partial charge in [0.25, 0.3) is 5.91 Å². The van der Waals surface area contributed by atoms with E-state index in [0.717, 1.165) is 50.5 Å². The van der Waals surface area contributed by atoms with Crippen molar-refractivity contribution < 1.29 is 9.59 Å². The van der Waals surface area contributed by atoms with Gasteiger partial charge < -0.3 is 15.1 Å². The van der Waals surface area contributed by atoms with Crippen LogP contribution in [0.1, 0.15) is 61.7 Å². The van der Waals surface area contributed by atoms with Crippen molar-refractivity contribution in [3.05, 3.63) is 29.8 Å². The smallest absolute Gasteiger partial charge is 0.251 e. The average Bonchev–Trinajstić information content (AvgIpc) is 3.35. The molecule has 0 bridgehead atoms. The molecule has 0 atom stereocenters. The van der Waals surface area contributed by atoms with E-state index in [1.807, 2.05) is 29.2 Å². The SMILES string of the molecule is O=C(NC1CCN(CC2CCCC2)CC1)c1ccc(N2CCCC2=O)cc1. The Morgan fingerprint density at radius 3 is 2.30 bits per heavy atom. The number of likely N-dealkylation sites (tertiary alicyclic amines) is 1. The molecule has 5 heteroatoms. The second-order valence-corrected chi connectivity index (χ2v) is 8.39. The van der Waals surface area contributed by atoms with Crippen LogP contribution < -0.4 is 10.2 Å². The molecule has 3 aliphatic rings. The molecular weight excluding hydrogens is 338 g/mol. The molecule has 0 radical (unpaired) electrons. The highest BCUT2D eigenvalue weighted by atomic mass is 16.2. The molecule has 146 valence electrons. The molecule has 1 aromatic carbocycles. The first kappa shape index (κ1) is 18.5. The van der Waals surface area contributed by atoms with Crippen molar-refractivity contribution in [1.29, 1.82) is 0 Å². The number of benzene rings is 1. The maximum absolute atomic E-state index is 12.6. The summed E-state index contributed by atoms with van der Waals surface area (Å²) >= 11 is 0. The Labute approximate surface area is 162 Å². The van der Waals surface area contributed by atoms with E-state index in [0.29, 0.717) is 12.0 Å². The lowest BCUT2D eigenvalue weighted by Crippen LogP contribution is -2.45. The van der Waals surface area contributed by atoms with Crippen molar-refractivity contribution >= 4 is 17.5 Å². The summed E-state index contributed by atoms with van der Waals surface area (Å²) in [5.41, 5.74) is 1.58. The summed E-state index contributed by atoms with van der Waals surface area (Å²) in [5, 5.41) is 3.20. The minimum absolute atomic E-state index is 0.00328. The van der Waals surface area contributed by atoms with Crippen LogP contribution in [0, 0.1) is 5.92 Å². The molecule has 2 saturated heterocycles. The largest absolute Gasteiger partial charge is 0.349 e. The molecule has 5 nitrogen and oxygen atoms in total. The third-order valence-corrected chi connectivity index (χ3v) is 6.43. The van der Waals surface area contributed by atoms with Gasteiger partial charge >= 0.3 is 0 Å². The van der Waals surface area contributed by atoms with E-state index < -0.39 is 0 Å². The van der Waals surface area contributed by atoms with Crippen molar-refractivity contribution in [3.8, 4) is 0 Å². The van der Waals surface area contributed by atoms with Gasteiger partial charge in [-0.3, -0.25) is 9.59 Å². The Balaban J connectivity index is 1.25. The van der Waals surface area contributed by atoms with Crippen LogP contribution in [0.2, 0.25) is 0 Å². The quantitative estimate of drug-likeness (QED) is 0.867. The minimum Gasteiger partial charge on any atom is -0.349 e. The first-order valence-electron chi connectivity index (χ1n) is 10.6. The standard InChI is InChI=1S/C22H31N3O2/c26-21-6-3-13-25(21)20-9-7-18(8-10-20)22(27)23-19-11-14-24(15-12-19)16-17-4-1-2-5-17/h7-10,17,19H,1-6,11-16H2,(H,23,27). The Kier molecular flexibility index (Phi) is 5.77. The molecule has 1 saturated carbocycles. The highest BCUT2D eigenvalue weighted by Gasteiger charge is 2.25. The lowest BCUT2D eigenvalue weighted by molar-refractivity contribution is -0.117. The molecule has 0 unspecified atom stereocenters. The number of rotatable bonds is 5. The normalized spacial score (nSPS) is 22.5. The van der Waals surface area contributed by atoms with Crippen LogP contribution in [0.15, 0.2) is 24.3 Å². The molecule has 0 aromatic heterocycles. The molecule has 2 heterocycles. The van der Waals surface area contributed by atoms with E-state index in [9.17, 15) is 9.59 Å². The summed E-state index contributed by atoms with van der Waals surface area (Å²) in [6.07, 6.45) is 9.23. The predicted molar refractivity (Wildman–Crippen MR) is 107 cm³/mol.